The Hall–Kier alpha value is 0.130. The minimum absolute atomic E-state index is 0.0655. The van der Waals surface area contributed by atoms with Gasteiger partial charge in [0.05, 0.1) is 0 Å². The maximum Gasteiger partial charge on any atom is 0.469 e. The number of hydrogen-bond donors (Lipinski definition) is 5. The van der Waals surface area contributed by atoms with Crippen LogP contribution in [0.3, 0.4) is 0 Å². The molecule has 0 aromatic heterocycles. The molecule has 0 aliphatic heterocycles. The van der Waals surface area contributed by atoms with Crippen LogP contribution in [-0.4, -0.2) is 36.2 Å². The molecule has 0 unspecified atom stereocenters. The number of unbranched alkanes of at least 4 members (excludes halogenated alkanes) is 5. The van der Waals surface area contributed by atoms with Crippen LogP contribution in [0.1, 0.15) is 45.4 Å². The van der Waals surface area contributed by atoms with Crippen molar-refractivity contribution in [1.82, 2.24) is 0 Å². The van der Waals surface area contributed by atoms with E-state index in [1.54, 1.807) is 0 Å². The Bertz CT molecular complexity index is 309. The Labute approximate surface area is 107 Å². The Balaban J connectivity index is 4.16. The molecule has 0 aliphatic carbocycles. The fourth-order valence-electron chi connectivity index (χ4n) is 1.43. The van der Waals surface area contributed by atoms with Gasteiger partial charge in [0, 0.05) is 6.54 Å². The fourth-order valence-corrected chi connectivity index (χ4v) is 3.41. The van der Waals surface area contributed by atoms with Gasteiger partial charge in [-0.15, -0.1) is 0 Å². The minimum Gasteiger partial charge on any atom is -0.317 e. The van der Waals surface area contributed by atoms with Crippen molar-refractivity contribution in [3.05, 3.63) is 0 Å². The van der Waals surface area contributed by atoms with Gasteiger partial charge in [0.25, 0.3) is 0 Å². The molecule has 0 aromatic carbocycles. The summed E-state index contributed by atoms with van der Waals surface area (Å²) in [5, 5.41) is -1.19. The van der Waals surface area contributed by atoms with Gasteiger partial charge in [0.15, 0.2) is 0 Å². The van der Waals surface area contributed by atoms with E-state index >= 15 is 0 Å². The zero-order valence-electron chi connectivity index (χ0n) is 10.4. The zero-order chi connectivity index (χ0) is 14.2. The van der Waals surface area contributed by atoms with Crippen LogP contribution in [0.25, 0.3) is 0 Å². The number of hydrogen-bond acceptors (Lipinski definition) is 5. The standard InChI is InChI=1S/C9H21NO6P2/c1-2-3-4-5-6-7-8-10-9(17(11,12)13)18(14,15)16/h11-13H,2-8H2,1H3,(H-,14,15,16)/p+1. The van der Waals surface area contributed by atoms with E-state index < -0.39 is 20.7 Å². The van der Waals surface area contributed by atoms with Gasteiger partial charge in [-0.2, -0.15) is 14.7 Å². The zero-order valence-corrected chi connectivity index (χ0v) is 12.2. The largest absolute Gasteiger partial charge is 0.469 e. The van der Waals surface area contributed by atoms with Gasteiger partial charge in [-0.1, -0.05) is 39.0 Å². The van der Waals surface area contributed by atoms with Gasteiger partial charge >= 0.3 is 20.7 Å². The summed E-state index contributed by atoms with van der Waals surface area (Å²) < 4.78 is 10.9. The van der Waals surface area contributed by atoms with E-state index in [4.69, 9.17) is 24.5 Å². The Morgan fingerprint density at radius 3 is 2.00 bits per heavy atom. The van der Waals surface area contributed by atoms with Gasteiger partial charge in [0.2, 0.25) is 0 Å². The molecule has 9 heteroatoms. The van der Waals surface area contributed by atoms with Crippen LogP contribution < -0.4 is 0 Å². The number of rotatable bonds is 9. The molecule has 108 valence electrons. The molecule has 18 heavy (non-hydrogen) atoms. The summed E-state index contributed by atoms with van der Waals surface area (Å²) in [5.41, 5.74) is 0. The van der Waals surface area contributed by atoms with Crippen LogP contribution in [0, 0.1) is 0 Å². The second-order valence-electron chi connectivity index (χ2n) is 4.06. The van der Waals surface area contributed by atoms with E-state index in [0.29, 0.717) is 6.42 Å². The molecule has 5 N–H and O–H groups in total. The third-order valence-electron chi connectivity index (χ3n) is 2.29. The lowest BCUT2D eigenvalue weighted by Gasteiger charge is -2.07. The van der Waals surface area contributed by atoms with E-state index in [1.165, 1.54) is 0 Å². The first-order valence-corrected chi connectivity index (χ1v) is 9.14. The van der Waals surface area contributed by atoms with E-state index in [0.717, 1.165) is 32.1 Å². The van der Waals surface area contributed by atoms with Crippen molar-refractivity contribution in [2.24, 2.45) is 4.99 Å². The topological polar surface area (TPSA) is 131 Å². The molecule has 0 rings (SSSR count). The Kier molecular flexibility index (Phi) is 8.39. The highest BCUT2D eigenvalue weighted by atomic mass is 31.3. The highest BCUT2D eigenvalue weighted by Crippen LogP contribution is 2.60. The normalized spacial score (nSPS) is 14.0. The maximum atomic E-state index is 10.9. The Morgan fingerprint density at radius 1 is 1.06 bits per heavy atom. The molecule has 0 saturated heterocycles. The SMILES string of the molecule is CCCCCCCCN=C(P(=O)(O)O)[P+](O)(O)O. The highest BCUT2D eigenvalue weighted by molar-refractivity contribution is 8.00. The molecule has 0 saturated carbocycles. The van der Waals surface area contributed by atoms with Crippen molar-refractivity contribution in [1.29, 1.82) is 0 Å². The minimum atomic E-state index is -4.91. The van der Waals surface area contributed by atoms with E-state index in [-0.39, 0.29) is 6.54 Å². The molecule has 0 fully saturated rings. The first-order chi connectivity index (χ1) is 8.19. The van der Waals surface area contributed by atoms with Crippen LogP contribution in [0.4, 0.5) is 0 Å². The van der Waals surface area contributed by atoms with Gasteiger partial charge in [-0.05, 0) is 6.42 Å². The maximum absolute atomic E-state index is 10.9. The van der Waals surface area contributed by atoms with Crippen molar-refractivity contribution in [2.75, 3.05) is 6.54 Å². The first-order valence-electron chi connectivity index (χ1n) is 5.88. The second-order valence-corrected chi connectivity index (χ2v) is 7.49. The third-order valence-corrected chi connectivity index (χ3v) is 5.22. The Morgan fingerprint density at radius 2 is 1.56 bits per heavy atom. The van der Waals surface area contributed by atoms with Gasteiger partial charge in [0.1, 0.15) is 0 Å². The van der Waals surface area contributed by atoms with Crippen LogP contribution in [-0.2, 0) is 4.57 Å². The average Bonchev–Trinajstić information content (AvgIpc) is 2.18. The van der Waals surface area contributed by atoms with Crippen LogP contribution in [0.5, 0.6) is 0 Å². The summed E-state index contributed by atoms with van der Waals surface area (Å²) in [6.07, 6.45) is 5.83. The summed E-state index contributed by atoms with van der Waals surface area (Å²) in [6.45, 7) is 2.17. The van der Waals surface area contributed by atoms with E-state index in [1.807, 2.05) is 0 Å². The quantitative estimate of drug-likeness (QED) is 0.250. The smallest absolute Gasteiger partial charge is 0.317 e. The van der Waals surface area contributed by atoms with Crippen molar-refractivity contribution in [2.45, 2.75) is 45.4 Å². The van der Waals surface area contributed by atoms with Gasteiger partial charge < -0.3 is 9.79 Å². The average molecular weight is 302 g/mol. The van der Waals surface area contributed by atoms with Crippen LogP contribution in [0.2, 0.25) is 0 Å². The lowest BCUT2D eigenvalue weighted by Crippen LogP contribution is -2.07. The molecule has 0 aliphatic rings. The van der Waals surface area contributed by atoms with E-state index in [2.05, 4.69) is 11.9 Å². The van der Waals surface area contributed by atoms with E-state index in [9.17, 15) is 4.57 Å². The molecule has 7 nitrogen and oxygen atoms in total. The predicted molar refractivity (Wildman–Crippen MR) is 71.3 cm³/mol. The first kappa shape index (κ1) is 18.1. The molecule has 0 bridgehead atoms. The molecular formula is C9H22NO6P2+. The monoisotopic (exact) mass is 302 g/mol. The third kappa shape index (κ3) is 8.27. The van der Waals surface area contributed by atoms with Crippen molar-refractivity contribution in [3.63, 3.8) is 0 Å². The molecule has 0 heterocycles. The fraction of sp³-hybridized carbons (Fsp3) is 0.889. The molecular weight excluding hydrogens is 280 g/mol. The van der Waals surface area contributed by atoms with Crippen LogP contribution in [0.15, 0.2) is 4.99 Å². The van der Waals surface area contributed by atoms with Crippen molar-refractivity contribution in [3.8, 4) is 0 Å². The van der Waals surface area contributed by atoms with Crippen molar-refractivity contribution >= 4 is 20.7 Å². The summed E-state index contributed by atoms with van der Waals surface area (Å²) >= 11 is 0. The molecule has 0 amide bonds. The lowest BCUT2D eigenvalue weighted by molar-refractivity contribution is 0.348. The molecule has 0 radical (unpaired) electrons. The number of aliphatic imine (C=N–C) groups is 1. The summed E-state index contributed by atoms with van der Waals surface area (Å²) in [5.74, 6) is 0. The molecule has 0 atom stereocenters. The highest BCUT2D eigenvalue weighted by Gasteiger charge is 2.51. The molecule has 0 spiro atoms. The summed E-state index contributed by atoms with van der Waals surface area (Å²) in [6, 6.07) is 0. The number of nitrogens with zero attached hydrogens (tertiary/aromatic N) is 1. The summed E-state index contributed by atoms with van der Waals surface area (Å²) in [7, 11) is -9.64. The van der Waals surface area contributed by atoms with Gasteiger partial charge in [-0.3, -0.25) is 0 Å². The van der Waals surface area contributed by atoms with Crippen molar-refractivity contribution < 1.29 is 29.0 Å². The van der Waals surface area contributed by atoms with Crippen LogP contribution >= 0.6 is 15.5 Å². The lowest BCUT2D eigenvalue weighted by atomic mass is 10.1. The summed E-state index contributed by atoms with van der Waals surface area (Å²) in [4.78, 5) is 47.7. The van der Waals surface area contributed by atoms with Gasteiger partial charge in [-0.25, -0.2) is 9.56 Å². The molecule has 0 aromatic rings. The predicted octanol–water partition coefficient (Wildman–Crippen LogP) is 1.62. The second kappa shape index (κ2) is 8.33.